The third-order valence-electron chi connectivity index (χ3n) is 4.70. The Kier molecular flexibility index (Phi) is 5.93. The van der Waals surface area contributed by atoms with Crippen LogP contribution in [0.5, 0.6) is 0 Å². The molecule has 3 aromatic rings. The molecule has 3 N–H and O–H groups in total. The van der Waals surface area contributed by atoms with Crippen molar-refractivity contribution in [2.45, 2.75) is 17.9 Å². The summed E-state index contributed by atoms with van der Waals surface area (Å²) < 4.78 is 32.7. The average molecular weight is 426 g/mol. The Morgan fingerprint density at radius 2 is 1.93 bits per heavy atom. The Labute approximate surface area is 175 Å². The monoisotopic (exact) mass is 425 g/mol. The smallest absolute Gasteiger partial charge is 0.240 e. The molecule has 0 atom stereocenters. The van der Waals surface area contributed by atoms with Crippen LogP contribution in [0.2, 0.25) is 0 Å². The Morgan fingerprint density at radius 1 is 1.10 bits per heavy atom. The second-order valence-corrected chi connectivity index (χ2v) is 8.68. The molecule has 0 amide bonds. The number of aromatic nitrogens is 2. The van der Waals surface area contributed by atoms with Crippen LogP contribution in [0.25, 0.3) is 11.1 Å². The summed E-state index contributed by atoms with van der Waals surface area (Å²) >= 11 is 0. The van der Waals surface area contributed by atoms with Crippen LogP contribution in [0.15, 0.2) is 59.6 Å². The Balaban J connectivity index is 1.69. The fourth-order valence-electron chi connectivity index (χ4n) is 3.19. The minimum absolute atomic E-state index is 0.202. The van der Waals surface area contributed by atoms with Gasteiger partial charge < -0.3 is 15.4 Å². The van der Waals surface area contributed by atoms with E-state index < -0.39 is 10.0 Å². The zero-order valence-corrected chi connectivity index (χ0v) is 17.4. The summed E-state index contributed by atoms with van der Waals surface area (Å²) in [6, 6.07) is 14.6. The molecule has 4 rings (SSSR count). The summed E-state index contributed by atoms with van der Waals surface area (Å²) in [5.41, 5.74) is 3.53. The number of sulfonamides is 1. The third-order valence-corrected chi connectivity index (χ3v) is 6.16. The van der Waals surface area contributed by atoms with Crippen molar-refractivity contribution >= 4 is 27.5 Å². The van der Waals surface area contributed by atoms with Gasteiger partial charge in [0, 0.05) is 37.6 Å². The van der Waals surface area contributed by atoms with E-state index in [9.17, 15) is 8.42 Å². The number of benzene rings is 2. The Hall–Kier alpha value is -3.01. The van der Waals surface area contributed by atoms with Gasteiger partial charge in [0.25, 0.3) is 0 Å². The molecule has 30 heavy (non-hydrogen) atoms. The normalized spacial score (nSPS) is 15.6. The molecule has 0 saturated carbocycles. The fraction of sp³-hybridized carbons (Fsp3) is 0.238. The molecule has 4 bridgehead atoms. The number of anilines is 3. The van der Waals surface area contributed by atoms with Crippen LogP contribution >= 0.6 is 0 Å². The Bertz CT molecular complexity index is 1130. The van der Waals surface area contributed by atoms with Crippen LogP contribution in [0, 0.1) is 0 Å². The predicted molar refractivity (Wildman–Crippen MR) is 116 cm³/mol. The van der Waals surface area contributed by atoms with Crippen molar-refractivity contribution in [2.24, 2.45) is 0 Å². The maximum Gasteiger partial charge on any atom is 0.240 e. The SMILES string of the molecule is COCc1ccc(-c2cnc3nc2NCCCNS(=O)(=O)c2cccc(c2)N3)cc1. The number of rotatable bonds is 3. The zero-order valence-electron chi connectivity index (χ0n) is 16.6. The van der Waals surface area contributed by atoms with Crippen molar-refractivity contribution in [1.29, 1.82) is 0 Å². The number of fused-ring (bicyclic) bond motifs is 4. The van der Waals surface area contributed by atoms with Crippen molar-refractivity contribution in [3.8, 4) is 11.1 Å². The van der Waals surface area contributed by atoms with Crippen LogP contribution in [0.4, 0.5) is 17.5 Å². The van der Waals surface area contributed by atoms with E-state index in [0.29, 0.717) is 43.6 Å². The molecule has 8 nitrogen and oxygen atoms in total. The van der Waals surface area contributed by atoms with Gasteiger partial charge in [-0.2, -0.15) is 4.98 Å². The molecule has 0 aliphatic carbocycles. The van der Waals surface area contributed by atoms with Crippen LogP contribution < -0.4 is 15.4 Å². The van der Waals surface area contributed by atoms with Crippen molar-refractivity contribution in [2.75, 3.05) is 30.8 Å². The van der Waals surface area contributed by atoms with Gasteiger partial charge in [0.2, 0.25) is 16.0 Å². The minimum atomic E-state index is -3.56. The average Bonchev–Trinajstić information content (AvgIpc) is 2.75. The molecule has 0 fully saturated rings. The molecule has 1 aliphatic heterocycles. The predicted octanol–water partition coefficient (Wildman–Crippen LogP) is 3.13. The number of nitrogens with one attached hydrogen (secondary N) is 3. The molecule has 2 heterocycles. The lowest BCUT2D eigenvalue weighted by atomic mass is 10.1. The van der Waals surface area contributed by atoms with E-state index in [-0.39, 0.29) is 4.90 Å². The summed E-state index contributed by atoms with van der Waals surface area (Å²) in [4.78, 5) is 9.27. The van der Waals surface area contributed by atoms with Crippen LogP contribution in [-0.4, -0.2) is 38.6 Å². The Morgan fingerprint density at radius 3 is 2.73 bits per heavy atom. The number of ether oxygens (including phenoxy) is 1. The summed E-state index contributed by atoms with van der Waals surface area (Å²) in [6.07, 6.45) is 2.37. The quantitative estimate of drug-likeness (QED) is 0.592. The third kappa shape index (κ3) is 4.59. The highest BCUT2D eigenvalue weighted by molar-refractivity contribution is 7.89. The first-order valence-electron chi connectivity index (χ1n) is 9.61. The molecule has 156 valence electrons. The molecule has 0 unspecified atom stereocenters. The molecular formula is C21H23N5O3S. The van der Waals surface area contributed by atoms with E-state index in [2.05, 4.69) is 25.3 Å². The molecule has 2 aromatic carbocycles. The van der Waals surface area contributed by atoms with Gasteiger partial charge >= 0.3 is 0 Å². The van der Waals surface area contributed by atoms with Gasteiger partial charge in [-0.1, -0.05) is 30.3 Å². The highest BCUT2D eigenvalue weighted by Crippen LogP contribution is 2.28. The maximum atomic E-state index is 12.5. The number of nitrogens with zero attached hydrogens (tertiary/aromatic N) is 2. The maximum absolute atomic E-state index is 12.5. The van der Waals surface area contributed by atoms with Gasteiger partial charge in [-0.3, -0.25) is 0 Å². The number of hydrogen-bond acceptors (Lipinski definition) is 7. The first-order valence-corrected chi connectivity index (χ1v) is 11.1. The molecule has 0 spiro atoms. The highest BCUT2D eigenvalue weighted by atomic mass is 32.2. The lowest BCUT2D eigenvalue weighted by Crippen LogP contribution is -2.26. The largest absolute Gasteiger partial charge is 0.380 e. The lowest BCUT2D eigenvalue weighted by molar-refractivity contribution is 0.185. The molecule has 1 aromatic heterocycles. The van der Waals surface area contributed by atoms with Crippen molar-refractivity contribution in [3.05, 3.63) is 60.3 Å². The van der Waals surface area contributed by atoms with Crippen molar-refractivity contribution in [3.63, 3.8) is 0 Å². The summed E-state index contributed by atoms with van der Waals surface area (Å²) in [5.74, 6) is 1.07. The van der Waals surface area contributed by atoms with E-state index in [1.807, 2.05) is 24.3 Å². The first kappa shape index (κ1) is 20.3. The van der Waals surface area contributed by atoms with E-state index in [4.69, 9.17) is 4.74 Å². The van der Waals surface area contributed by atoms with Crippen molar-refractivity contribution in [1.82, 2.24) is 14.7 Å². The zero-order chi connectivity index (χ0) is 21.0. The fourth-order valence-corrected chi connectivity index (χ4v) is 4.31. The van der Waals surface area contributed by atoms with Gasteiger partial charge in [0.15, 0.2) is 0 Å². The van der Waals surface area contributed by atoms with Gasteiger partial charge in [-0.05, 0) is 35.7 Å². The van der Waals surface area contributed by atoms with Gasteiger partial charge in [0.05, 0.1) is 11.5 Å². The van der Waals surface area contributed by atoms with E-state index in [1.54, 1.807) is 37.6 Å². The van der Waals surface area contributed by atoms with Gasteiger partial charge in [-0.15, -0.1) is 0 Å². The lowest BCUT2D eigenvalue weighted by Gasteiger charge is -2.13. The first-order chi connectivity index (χ1) is 14.5. The molecule has 1 aliphatic rings. The van der Waals surface area contributed by atoms with Crippen LogP contribution in [0.1, 0.15) is 12.0 Å². The highest BCUT2D eigenvalue weighted by Gasteiger charge is 2.16. The van der Waals surface area contributed by atoms with E-state index >= 15 is 0 Å². The molecular weight excluding hydrogens is 402 g/mol. The van der Waals surface area contributed by atoms with Gasteiger partial charge in [-0.25, -0.2) is 18.1 Å². The van der Waals surface area contributed by atoms with Crippen molar-refractivity contribution < 1.29 is 13.2 Å². The van der Waals surface area contributed by atoms with E-state index in [0.717, 1.165) is 16.7 Å². The minimum Gasteiger partial charge on any atom is -0.380 e. The number of hydrogen-bond donors (Lipinski definition) is 3. The standard InChI is InChI=1S/C21H23N5O3S/c1-29-14-15-6-8-16(9-7-15)19-13-23-21-25-17-4-2-5-18(12-17)30(27,28)24-11-3-10-22-20(19)26-21/h2,4-9,12-13,24H,3,10-11,14H2,1H3,(H2,22,23,25,26). The summed E-state index contributed by atoms with van der Waals surface area (Å²) in [7, 11) is -1.90. The van der Waals surface area contributed by atoms with Crippen LogP contribution in [0.3, 0.4) is 0 Å². The molecule has 0 saturated heterocycles. The summed E-state index contributed by atoms with van der Waals surface area (Å²) in [5, 5.41) is 6.41. The second kappa shape index (κ2) is 8.78. The topological polar surface area (TPSA) is 105 Å². The second-order valence-electron chi connectivity index (χ2n) is 6.92. The summed E-state index contributed by atoms with van der Waals surface area (Å²) in [6.45, 7) is 1.44. The molecule has 0 radical (unpaired) electrons. The van der Waals surface area contributed by atoms with Crippen LogP contribution in [-0.2, 0) is 21.4 Å². The van der Waals surface area contributed by atoms with E-state index in [1.165, 1.54) is 0 Å². The number of methoxy groups -OCH3 is 1. The molecule has 9 heteroatoms. The van der Waals surface area contributed by atoms with Gasteiger partial charge in [0.1, 0.15) is 5.82 Å².